The Hall–Kier alpha value is -0.600. The summed E-state index contributed by atoms with van der Waals surface area (Å²) in [5.41, 5.74) is 5.58. The van der Waals surface area contributed by atoms with Crippen LogP contribution in [0.4, 0.5) is 0 Å². The normalized spacial score (nSPS) is 15.2. The molecule has 0 spiro atoms. The van der Waals surface area contributed by atoms with Crippen LogP contribution in [0.25, 0.3) is 0 Å². The predicted octanol–water partition coefficient (Wildman–Crippen LogP) is 3.17. The maximum absolute atomic E-state index is 9.48. The number of allylic oxidation sites excluding steroid dienone is 3. The average molecular weight is 225 g/mol. The van der Waals surface area contributed by atoms with Gasteiger partial charge in [0.2, 0.25) is 0 Å². The fourth-order valence-electron chi connectivity index (χ4n) is 1.60. The summed E-state index contributed by atoms with van der Waals surface area (Å²) in [4.78, 5) is 0. The first-order valence-corrected chi connectivity index (χ1v) is 6.39. The second kappa shape index (κ2) is 10.9. The molecule has 0 unspecified atom stereocenters. The Bertz CT molecular complexity index is 187. The van der Waals surface area contributed by atoms with Gasteiger partial charge >= 0.3 is 0 Å². The second-order valence-electron chi connectivity index (χ2n) is 4.44. The zero-order chi connectivity index (χ0) is 12.2. The Morgan fingerprint density at radius 3 is 2.44 bits per heavy atom. The molecule has 0 amide bonds. The van der Waals surface area contributed by atoms with Crippen molar-refractivity contribution in [2.75, 3.05) is 0 Å². The maximum Gasteiger partial charge on any atom is 0.0688 e. The van der Waals surface area contributed by atoms with E-state index < -0.39 is 0 Å². The van der Waals surface area contributed by atoms with Crippen LogP contribution in [0, 0.1) is 0 Å². The Morgan fingerprint density at radius 2 is 1.81 bits per heavy atom. The van der Waals surface area contributed by atoms with Gasteiger partial charge < -0.3 is 10.8 Å². The lowest BCUT2D eigenvalue weighted by Crippen LogP contribution is -2.31. The summed E-state index contributed by atoms with van der Waals surface area (Å²) in [6, 6.07) is -0.0935. The summed E-state index contributed by atoms with van der Waals surface area (Å²) < 4.78 is 0. The van der Waals surface area contributed by atoms with E-state index in [1.54, 1.807) is 0 Å². The molecule has 0 radical (unpaired) electrons. The molecule has 16 heavy (non-hydrogen) atoms. The van der Waals surface area contributed by atoms with Crippen molar-refractivity contribution >= 4 is 0 Å². The monoisotopic (exact) mass is 225 g/mol. The highest BCUT2D eigenvalue weighted by molar-refractivity contribution is 4.96. The van der Waals surface area contributed by atoms with Gasteiger partial charge in [-0.3, -0.25) is 0 Å². The second-order valence-corrected chi connectivity index (χ2v) is 4.44. The van der Waals surface area contributed by atoms with Crippen molar-refractivity contribution in [1.29, 1.82) is 0 Å². The highest BCUT2D eigenvalue weighted by atomic mass is 16.3. The lowest BCUT2D eigenvalue weighted by atomic mass is 10.0. The molecule has 94 valence electrons. The van der Waals surface area contributed by atoms with Crippen molar-refractivity contribution in [2.45, 2.75) is 64.0 Å². The van der Waals surface area contributed by atoms with E-state index in [1.165, 1.54) is 25.7 Å². The van der Waals surface area contributed by atoms with E-state index in [4.69, 9.17) is 5.73 Å². The van der Waals surface area contributed by atoms with Gasteiger partial charge in [0.05, 0.1) is 6.10 Å². The van der Waals surface area contributed by atoms with E-state index >= 15 is 0 Å². The van der Waals surface area contributed by atoms with Gasteiger partial charge in [-0.15, -0.1) is 0 Å². The molecular weight excluding hydrogens is 198 g/mol. The average Bonchev–Trinajstić information content (AvgIpc) is 2.26. The summed E-state index contributed by atoms with van der Waals surface area (Å²) in [5, 5.41) is 9.48. The zero-order valence-corrected chi connectivity index (χ0v) is 10.6. The molecule has 0 fully saturated rings. The zero-order valence-electron chi connectivity index (χ0n) is 10.6. The highest BCUT2D eigenvalue weighted by Gasteiger charge is 2.07. The Labute approximate surface area is 100 Å². The first kappa shape index (κ1) is 15.4. The molecule has 0 aromatic carbocycles. The van der Waals surface area contributed by atoms with Gasteiger partial charge in [-0.2, -0.15) is 0 Å². The van der Waals surface area contributed by atoms with E-state index in [0.717, 1.165) is 19.3 Å². The Balaban J connectivity index is 3.15. The van der Waals surface area contributed by atoms with Crippen molar-refractivity contribution in [3.8, 4) is 0 Å². The van der Waals surface area contributed by atoms with Crippen molar-refractivity contribution in [3.05, 3.63) is 24.8 Å². The maximum atomic E-state index is 9.48. The molecule has 0 heterocycles. The molecule has 0 bridgehead atoms. The topological polar surface area (TPSA) is 46.2 Å². The van der Waals surface area contributed by atoms with Crippen molar-refractivity contribution in [2.24, 2.45) is 5.73 Å². The molecule has 0 aromatic rings. The molecule has 0 saturated carbocycles. The standard InChI is InChI=1S/C14H27NO/c1-3-4-5-6-7-8-9-10-11-12-14(16)13(2)15/h3-5,13-14,16H,1,6-12,15H2,2H3/b5-4+/t13-,14+/m0/s1. The van der Waals surface area contributed by atoms with Crippen LogP contribution in [0.2, 0.25) is 0 Å². The van der Waals surface area contributed by atoms with Crippen LogP contribution in [0.1, 0.15) is 51.9 Å². The third kappa shape index (κ3) is 9.94. The molecule has 0 saturated heterocycles. The number of hydrogen-bond acceptors (Lipinski definition) is 2. The number of unbranched alkanes of at least 4 members (excludes halogenated alkanes) is 5. The SMILES string of the molecule is C=C/C=C/CCCCCCC[C@@H](O)[C@H](C)N. The van der Waals surface area contributed by atoms with Gasteiger partial charge in [-0.25, -0.2) is 0 Å². The highest BCUT2D eigenvalue weighted by Crippen LogP contribution is 2.10. The minimum absolute atomic E-state index is 0.0935. The van der Waals surface area contributed by atoms with E-state index in [9.17, 15) is 5.11 Å². The van der Waals surface area contributed by atoms with Gasteiger partial charge in [-0.05, 0) is 26.2 Å². The number of aliphatic hydroxyl groups is 1. The lowest BCUT2D eigenvalue weighted by Gasteiger charge is -2.13. The largest absolute Gasteiger partial charge is 0.392 e. The van der Waals surface area contributed by atoms with Crippen LogP contribution in [0.15, 0.2) is 24.8 Å². The minimum Gasteiger partial charge on any atom is -0.392 e. The van der Waals surface area contributed by atoms with Crippen molar-refractivity contribution in [3.63, 3.8) is 0 Å². The lowest BCUT2D eigenvalue weighted by molar-refractivity contribution is 0.138. The van der Waals surface area contributed by atoms with E-state index in [0.29, 0.717) is 0 Å². The smallest absolute Gasteiger partial charge is 0.0688 e. The molecule has 0 aliphatic carbocycles. The van der Waals surface area contributed by atoms with Crippen LogP contribution >= 0.6 is 0 Å². The van der Waals surface area contributed by atoms with Crippen LogP contribution in [0.3, 0.4) is 0 Å². The quantitative estimate of drug-likeness (QED) is 0.443. The van der Waals surface area contributed by atoms with Crippen LogP contribution in [-0.2, 0) is 0 Å². The molecule has 3 N–H and O–H groups in total. The van der Waals surface area contributed by atoms with Crippen LogP contribution < -0.4 is 5.73 Å². The van der Waals surface area contributed by atoms with Crippen LogP contribution in [-0.4, -0.2) is 17.3 Å². The first-order chi connectivity index (χ1) is 7.68. The molecule has 0 aliphatic heterocycles. The summed E-state index contributed by atoms with van der Waals surface area (Å²) >= 11 is 0. The van der Waals surface area contributed by atoms with Gasteiger partial charge in [0.25, 0.3) is 0 Å². The van der Waals surface area contributed by atoms with Crippen LogP contribution in [0.5, 0.6) is 0 Å². The van der Waals surface area contributed by atoms with E-state index in [1.807, 2.05) is 19.1 Å². The molecule has 0 rings (SSSR count). The Kier molecular flexibility index (Phi) is 10.5. The molecule has 0 aliphatic rings. The molecule has 2 atom stereocenters. The Morgan fingerprint density at radius 1 is 1.19 bits per heavy atom. The fraction of sp³-hybridized carbons (Fsp3) is 0.714. The summed E-state index contributed by atoms with van der Waals surface area (Å²) in [6.07, 6.45) is 13.7. The van der Waals surface area contributed by atoms with Gasteiger partial charge in [0, 0.05) is 6.04 Å². The van der Waals surface area contributed by atoms with E-state index in [2.05, 4.69) is 12.7 Å². The fourth-order valence-corrected chi connectivity index (χ4v) is 1.60. The number of rotatable bonds is 10. The first-order valence-electron chi connectivity index (χ1n) is 6.39. The predicted molar refractivity (Wildman–Crippen MR) is 71.3 cm³/mol. The molecular formula is C14H27NO. The van der Waals surface area contributed by atoms with Crippen molar-refractivity contribution < 1.29 is 5.11 Å². The van der Waals surface area contributed by atoms with E-state index in [-0.39, 0.29) is 12.1 Å². The summed E-state index contributed by atoms with van der Waals surface area (Å²) in [6.45, 7) is 5.49. The molecule has 2 nitrogen and oxygen atoms in total. The number of nitrogens with two attached hydrogens (primary N) is 1. The molecule has 0 aromatic heterocycles. The minimum atomic E-state index is -0.324. The van der Waals surface area contributed by atoms with Crippen molar-refractivity contribution in [1.82, 2.24) is 0 Å². The number of hydrogen-bond donors (Lipinski definition) is 2. The number of aliphatic hydroxyl groups excluding tert-OH is 1. The third-order valence-electron chi connectivity index (χ3n) is 2.75. The van der Waals surface area contributed by atoms with Gasteiger partial charge in [-0.1, -0.05) is 50.5 Å². The third-order valence-corrected chi connectivity index (χ3v) is 2.75. The molecule has 2 heteroatoms. The summed E-state index contributed by atoms with van der Waals surface area (Å²) in [5.74, 6) is 0. The summed E-state index contributed by atoms with van der Waals surface area (Å²) in [7, 11) is 0. The van der Waals surface area contributed by atoms with Gasteiger partial charge in [0.1, 0.15) is 0 Å². The van der Waals surface area contributed by atoms with Gasteiger partial charge in [0.15, 0.2) is 0 Å².